The smallest absolute Gasteiger partial charge is 0.309 e. The minimum atomic E-state index is -0.833. The molecule has 2 amide bonds. The van der Waals surface area contributed by atoms with E-state index in [0.29, 0.717) is 0 Å². The molecule has 0 saturated carbocycles. The summed E-state index contributed by atoms with van der Waals surface area (Å²) in [5, 5.41) is 8.81. The Kier molecular flexibility index (Phi) is 6.97. The first-order valence-electron chi connectivity index (χ1n) is 1.59. The van der Waals surface area contributed by atoms with Crippen molar-refractivity contribution in [3.8, 4) is 0 Å². The quantitative estimate of drug-likeness (QED) is 0.313. The molecule has 0 saturated heterocycles. The maximum atomic E-state index is 9.00. The summed E-state index contributed by atoms with van der Waals surface area (Å²) in [5.41, 5.74) is 8.50. The summed E-state index contributed by atoms with van der Waals surface area (Å²) in [6.45, 7) is 0. The monoisotopic (exact) mass is 121 g/mol. The van der Waals surface area contributed by atoms with Gasteiger partial charge in [-0.25, -0.2) is 4.79 Å². The number of urea groups is 1. The highest BCUT2D eigenvalue weighted by atomic mass is 16.6. The lowest BCUT2D eigenvalue weighted by Gasteiger charge is -1.63. The molecule has 0 aromatic carbocycles. The maximum absolute atomic E-state index is 9.00. The molecule has 48 valence electrons. The van der Waals surface area contributed by atoms with Crippen molar-refractivity contribution in [1.82, 2.24) is 0 Å². The maximum Gasteiger partial charge on any atom is 0.309 e. The summed E-state index contributed by atoms with van der Waals surface area (Å²) in [4.78, 5) is 17.3. The fourth-order valence-corrected chi connectivity index (χ4v) is 0. The lowest BCUT2D eigenvalue weighted by molar-refractivity contribution is -0.445. The molecule has 0 fully saturated rings. The fraction of sp³-hybridized carbons (Fsp3) is 0.500. The molecule has 0 aliphatic carbocycles. The van der Waals surface area contributed by atoms with Gasteiger partial charge >= 0.3 is 6.03 Å². The van der Waals surface area contributed by atoms with E-state index in [9.17, 15) is 0 Å². The number of nitro groups is 1. The van der Waals surface area contributed by atoms with Crippen LogP contribution in [0.15, 0.2) is 0 Å². The van der Waals surface area contributed by atoms with Crippen molar-refractivity contribution in [2.75, 3.05) is 7.05 Å². The summed E-state index contributed by atoms with van der Waals surface area (Å²) in [5.74, 6) is 0. The molecule has 6 heteroatoms. The molecular formula is C2H7N3O3. The van der Waals surface area contributed by atoms with Crippen LogP contribution in [0.3, 0.4) is 0 Å². The van der Waals surface area contributed by atoms with Gasteiger partial charge in [-0.15, -0.1) is 0 Å². The van der Waals surface area contributed by atoms with Crippen LogP contribution in [0.5, 0.6) is 0 Å². The number of carbonyl (C=O) groups is 1. The highest BCUT2D eigenvalue weighted by Crippen LogP contribution is 1.39. The van der Waals surface area contributed by atoms with Crippen molar-refractivity contribution in [1.29, 1.82) is 0 Å². The molecule has 0 unspecified atom stereocenters. The second-order valence-corrected chi connectivity index (χ2v) is 0.842. The average molecular weight is 121 g/mol. The number of amides is 2. The van der Waals surface area contributed by atoms with Crippen LogP contribution in [0.1, 0.15) is 0 Å². The number of hydrogen-bond acceptors (Lipinski definition) is 3. The van der Waals surface area contributed by atoms with Gasteiger partial charge in [-0.05, 0) is 0 Å². The predicted molar refractivity (Wildman–Crippen MR) is 26.7 cm³/mol. The van der Waals surface area contributed by atoms with Crippen LogP contribution in [-0.4, -0.2) is 18.0 Å². The number of hydrogen-bond donors (Lipinski definition) is 2. The molecule has 0 aromatic heterocycles. The van der Waals surface area contributed by atoms with Gasteiger partial charge in [0.2, 0.25) is 0 Å². The Morgan fingerprint density at radius 1 is 1.62 bits per heavy atom. The Morgan fingerprint density at radius 3 is 1.62 bits per heavy atom. The SMILES string of the molecule is C[N+](=O)[O-].NC(N)=O. The zero-order valence-corrected chi connectivity index (χ0v) is 4.33. The molecule has 0 bridgehead atoms. The summed E-state index contributed by atoms with van der Waals surface area (Å²) >= 11 is 0. The lowest BCUT2D eigenvalue weighted by atomic mass is 11.2. The van der Waals surface area contributed by atoms with Gasteiger partial charge < -0.3 is 11.5 Å². The van der Waals surface area contributed by atoms with Gasteiger partial charge in [-0.2, -0.15) is 0 Å². The lowest BCUT2D eigenvalue weighted by Crippen LogP contribution is -2.18. The van der Waals surface area contributed by atoms with Crippen molar-refractivity contribution >= 4 is 6.03 Å². The molecule has 0 aromatic rings. The molecule has 0 rings (SSSR count). The molecule has 0 aliphatic heterocycles. The summed E-state index contributed by atoms with van der Waals surface area (Å²) in [7, 11) is 0.889. The van der Waals surface area contributed by atoms with E-state index >= 15 is 0 Å². The van der Waals surface area contributed by atoms with Crippen molar-refractivity contribution in [3.63, 3.8) is 0 Å². The van der Waals surface area contributed by atoms with Gasteiger partial charge in [-0.3, -0.25) is 10.1 Å². The van der Waals surface area contributed by atoms with Crippen LogP contribution >= 0.6 is 0 Å². The van der Waals surface area contributed by atoms with E-state index in [0.717, 1.165) is 7.05 Å². The number of carbonyl (C=O) groups excluding carboxylic acids is 1. The average Bonchev–Trinajstić information content (AvgIpc) is 1.25. The van der Waals surface area contributed by atoms with Crippen molar-refractivity contribution in [3.05, 3.63) is 10.1 Å². The minimum absolute atomic E-state index is 0.500. The number of primary amides is 2. The third kappa shape index (κ3) is 35.6. The summed E-state index contributed by atoms with van der Waals surface area (Å²) < 4.78 is 0. The van der Waals surface area contributed by atoms with Crippen LogP contribution in [-0.2, 0) is 0 Å². The van der Waals surface area contributed by atoms with Gasteiger partial charge in [0, 0.05) is 4.92 Å². The molecule has 0 radical (unpaired) electrons. The Balaban J connectivity index is 0. The highest BCUT2D eigenvalue weighted by molar-refractivity contribution is 5.69. The van der Waals surface area contributed by atoms with Crippen molar-refractivity contribution < 1.29 is 9.72 Å². The molecule has 4 N–H and O–H groups in total. The molecular weight excluding hydrogens is 114 g/mol. The number of rotatable bonds is 0. The third-order valence-electron chi connectivity index (χ3n) is 0. The first-order valence-corrected chi connectivity index (χ1v) is 1.59. The number of nitrogens with zero attached hydrogens (tertiary/aromatic N) is 1. The van der Waals surface area contributed by atoms with Gasteiger partial charge in [0.1, 0.15) is 0 Å². The third-order valence-corrected chi connectivity index (χ3v) is 0. The van der Waals surface area contributed by atoms with Gasteiger partial charge in [-0.1, -0.05) is 0 Å². The van der Waals surface area contributed by atoms with Gasteiger partial charge in [0.15, 0.2) is 7.05 Å². The Labute approximate surface area is 45.6 Å². The molecule has 8 heavy (non-hydrogen) atoms. The zero-order valence-electron chi connectivity index (χ0n) is 4.33. The van der Waals surface area contributed by atoms with Crippen LogP contribution in [0, 0.1) is 10.1 Å². The second-order valence-electron chi connectivity index (χ2n) is 0.842. The van der Waals surface area contributed by atoms with E-state index in [4.69, 9.17) is 14.9 Å². The largest absolute Gasteiger partial charge is 0.352 e. The van der Waals surface area contributed by atoms with Gasteiger partial charge in [0.05, 0.1) is 0 Å². The first kappa shape index (κ1) is 9.83. The van der Waals surface area contributed by atoms with E-state index in [-0.39, 0.29) is 0 Å². The Bertz CT molecular complexity index is 70.5. The molecule has 0 spiro atoms. The van der Waals surface area contributed by atoms with Crippen LogP contribution in [0.25, 0.3) is 0 Å². The minimum Gasteiger partial charge on any atom is -0.352 e. The van der Waals surface area contributed by atoms with E-state index in [1.807, 2.05) is 0 Å². The van der Waals surface area contributed by atoms with Crippen LogP contribution < -0.4 is 11.5 Å². The van der Waals surface area contributed by atoms with Crippen LogP contribution in [0.2, 0.25) is 0 Å². The fourth-order valence-electron chi connectivity index (χ4n) is 0. The molecule has 0 aliphatic rings. The van der Waals surface area contributed by atoms with Gasteiger partial charge in [0.25, 0.3) is 0 Å². The summed E-state index contributed by atoms with van der Waals surface area (Å²) in [6, 6.07) is -0.833. The van der Waals surface area contributed by atoms with Crippen molar-refractivity contribution in [2.45, 2.75) is 0 Å². The van der Waals surface area contributed by atoms with E-state index < -0.39 is 11.0 Å². The molecule has 0 heterocycles. The standard InChI is InChI=1S/CH4N2O.CH3NO2/c2-1(3)4;1-2(3)4/h(H4,2,3,4);1H3. The molecule has 0 atom stereocenters. The molecule has 6 nitrogen and oxygen atoms in total. The topological polar surface area (TPSA) is 112 Å². The van der Waals surface area contributed by atoms with E-state index in [2.05, 4.69) is 11.5 Å². The van der Waals surface area contributed by atoms with Crippen molar-refractivity contribution in [2.24, 2.45) is 11.5 Å². The summed E-state index contributed by atoms with van der Waals surface area (Å²) in [6.07, 6.45) is 0. The second kappa shape index (κ2) is 5.67. The van der Waals surface area contributed by atoms with E-state index in [1.54, 1.807) is 0 Å². The van der Waals surface area contributed by atoms with Crippen LogP contribution in [0.4, 0.5) is 4.79 Å². The Morgan fingerprint density at radius 2 is 1.62 bits per heavy atom. The highest BCUT2D eigenvalue weighted by Gasteiger charge is 1.60. The Hall–Kier alpha value is -1.33. The predicted octanol–water partition coefficient (Wildman–Crippen LogP) is -1.08. The normalized spacial score (nSPS) is 6.12. The first-order chi connectivity index (χ1) is 3.46. The number of nitrogens with two attached hydrogens (primary N) is 2. The van der Waals surface area contributed by atoms with E-state index in [1.165, 1.54) is 0 Å². The zero-order chi connectivity index (χ0) is 7.15.